The molecule has 0 spiro atoms. The van der Waals surface area contributed by atoms with Gasteiger partial charge < -0.3 is 19.5 Å². The number of carbonyl (C=O) groups excluding carboxylic acids is 2. The Morgan fingerprint density at radius 1 is 0.860 bits per heavy atom. The summed E-state index contributed by atoms with van der Waals surface area (Å²) >= 11 is 8.05. The second kappa shape index (κ2) is 17.5. The summed E-state index contributed by atoms with van der Waals surface area (Å²) < 4.78 is 82.9. The van der Waals surface area contributed by atoms with E-state index in [2.05, 4.69) is 16.1 Å². The fourth-order valence-electron chi connectivity index (χ4n) is 3.37. The van der Waals surface area contributed by atoms with Gasteiger partial charge in [0.15, 0.2) is 0 Å². The number of amides is 1. The van der Waals surface area contributed by atoms with Gasteiger partial charge in [-0.05, 0) is 59.6 Å². The summed E-state index contributed by atoms with van der Waals surface area (Å²) in [4.78, 5) is 24.3. The summed E-state index contributed by atoms with van der Waals surface area (Å²) in [6.45, 7) is 11.3. The van der Waals surface area contributed by atoms with Crippen molar-refractivity contribution < 1.29 is 45.8 Å². The fraction of sp³-hybridized carbons (Fsp3) is 0.643. The zero-order valence-corrected chi connectivity index (χ0v) is 27.4. The van der Waals surface area contributed by atoms with Gasteiger partial charge in [-0.15, -0.1) is 11.8 Å². The number of carbonyl (C=O) groups is 2. The van der Waals surface area contributed by atoms with Gasteiger partial charge in [-0.25, -0.2) is 13.2 Å². The average Bonchev–Trinajstić information content (AvgIpc) is 2.91. The van der Waals surface area contributed by atoms with E-state index >= 15 is 0 Å². The maximum absolute atomic E-state index is 13.7. The van der Waals surface area contributed by atoms with Crippen molar-refractivity contribution in [2.45, 2.75) is 89.6 Å². The second-order valence-electron chi connectivity index (χ2n) is 10.8. The molecule has 0 saturated carbocycles. The number of nitriles is 1. The molecule has 1 aromatic rings. The molecule has 1 aromatic carbocycles. The summed E-state index contributed by atoms with van der Waals surface area (Å²) in [6, 6.07) is 2.24. The molecule has 0 radical (unpaired) electrons. The molecule has 15 heteroatoms. The van der Waals surface area contributed by atoms with Crippen molar-refractivity contribution in [3.05, 3.63) is 29.1 Å². The van der Waals surface area contributed by atoms with Crippen LogP contribution in [0.5, 0.6) is 5.75 Å². The summed E-state index contributed by atoms with van der Waals surface area (Å²) in [7, 11) is 0. The van der Waals surface area contributed by atoms with Crippen molar-refractivity contribution in [1.29, 1.82) is 5.26 Å². The van der Waals surface area contributed by atoms with Gasteiger partial charge in [-0.2, -0.15) is 14.0 Å². The molecule has 1 N–H and O–H groups in total. The minimum absolute atomic E-state index is 0.179. The molecule has 0 saturated heterocycles. The van der Waals surface area contributed by atoms with Gasteiger partial charge in [-0.1, -0.05) is 30.9 Å². The molecular weight excluding hydrogens is 636 g/mol. The Kier molecular flexibility index (Phi) is 15.9. The highest BCUT2D eigenvalue weighted by Crippen LogP contribution is 2.34. The fourth-order valence-corrected chi connectivity index (χ4v) is 6.27. The molecule has 1 amide bonds. The molecule has 1 unspecified atom stereocenters. The molecular formula is C28H37F5N2O5S3. The van der Waals surface area contributed by atoms with Crippen LogP contribution in [0.25, 0.3) is 0 Å². The minimum Gasteiger partial charge on any atom is -0.420 e. The molecule has 0 fully saturated rings. The second-order valence-corrected chi connectivity index (χ2v) is 14.8. The largest absolute Gasteiger partial charge is 0.420 e. The normalized spacial score (nSPS) is 13.3. The Labute approximate surface area is 262 Å². The number of halogens is 5. The lowest BCUT2D eigenvalue weighted by molar-refractivity contribution is -0.138. The van der Waals surface area contributed by atoms with E-state index in [4.69, 9.17) is 21.7 Å². The first-order valence-electron chi connectivity index (χ1n) is 13.4. The van der Waals surface area contributed by atoms with Crippen LogP contribution in [0.1, 0.15) is 73.6 Å². The van der Waals surface area contributed by atoms with Gasteiger partial charge in [0.05, 0.1) is 36.9 Å². The van der Waals surface area contributed by atoms with Gasteiger partial charge in [0.2, 0.25) is 40.7 Å². The predicted molar refractivity (Wildman–Crippen MR) is 160 cm³/mol. The molecule has 43 heavy (non-hydrogen) atoms. The Hall–Kier alpha value is -1.99. The zero-order valence-electron chi connectivity index (χ0n) is 25.0. The molecule has 242 valence electrons. The maximum Gasteiger partial charge on any atom is 0.313 e. The lowest BCUT2D eigenvalue weighted by Gasteiger charge is -2.30. The number of hydrogen-bond donors (Lipinski definition) is 1. The molecule has 0 bridgehead atoms. The summed E-state index contributed by atoms with van der Waals surface area (Å²) in [5.74, 6) is -13.6. The van der Waals surface area contributed by atoms with E-state index in [1.807, 2.05) is 20.8 Å². The molecule has 7 nitrogen and oxygen atoms in total. The third-order valence-corrected chi connectivity index (χ3v) is 8.71. The first-order valence-corrected chi connectivity index (χ1v) is 15.6. The number of thioether (sulfide) groups is 2. The van der Waals surface area contributed by atoms with Crippen LogP contribution in [0.4, 0.5) is 22.0 Å². The van der Waals surface area contributed by atoms with Gasteiger partial charge in [0, 0.05) is 13.0 Å². The predicted octanol–water partition coefficient (Wildman–Crippen LogP) is 7.00. The highest BCUT2D eigenvalue weighted by atomic mass is 32.2. The third-order valence-electron chi connectivity index (χ3n) is 6.07. The van der Waals surface area contributed by atoms with Crippen LogP contribution < -0.4 is 10.1 Å². The Morgan fingerprint density at radius 2 is 1.40 bits per heavy atom. The third kappa shape index (κ3) is 13.7. The van der Waals surface area contributed by atoms with Crippen LogP contribution in [0, 0.1) is 40.4 Å². The summed E-state index contributed by atoms with van der Waals surface area (Å²) in [5.41, 5.74) is -1.39. The zero-order chi connectivity index (χ0) is 33.0. The van der Waals surface area contributed by atoms with E-state index in [0.717, 1.165) is 5.75 Å². The molecule has 0 aliphatic rings. The van der Waals surface area contributed by atoms with Crippen LogP contribution in [0.15, 0.2) is 0 Å². The number of esters is 1. The van der Waals surface area contributed by atoms with E-state index in [1.54, 1.807) is 20.8 Å². The lowest BCUT2D eigenvalue weighted by Crippen LogP contribution is -2.35. The molecule has 0 heterocycles. The average molecular weight is 673 g/mol. The van der Waals surface area contributed by atoms with Crippen molar-refractivity contribution >= 4 is 51.1 Å². The molecule has 0 aromatic heterocycles. The van der Waals surface area contributed by atoms with E-state index in [-0.39, 0.29) is 25.5 Å². The van der Waals surface area contributed by atoms with Crippen molar-refractivity contribution in [3.8, 4) is 11.8 Å². The van der Waals surface area contributed by atoms with Crippen LogP contribution >= 0.6 is 35.7 Å². The number of hydrogen-bond acceptors (Lipinski definition) is 9. The Morgan fingerprint density at radius 3 is 1.95 bits per heavy atom. The van der Waals surface area contributed by atoms with Crippen LogP contribution in [-0.4, -0.2) is 56.9 Å². The monoisotopic (exact) mass is 672 g/mol. The smallest absolute Gasteiger partial charge is 0.313 e. The number of ether oxygens (including phenoxy) is 3. The van der Waals surface area contributed by atoms with E-state index in [1.165, 1.54) is 23.5 Å². The highest BCUT2D eigenvalue weighted by molar-refractivity contribution is 8.47. The van der Waals surface area contributed by atoms with Crippen molar-refractivity contribution in [3.63, 3.8) is 0 Å². The first-order chi connectivity index (χ1) is 19.9. The van der Waals surface area contributed by atoms with E-state index < -0.39 is 63.2 Å². The number of nitrogens with one attached hydrogen (secondary N) is 1. The standard InChI is InChI=1S/C28H37F5N2O5S3/c1-7-42-25(41)43-28(6,16-34)10-8-17(36)35-13-11-26(2,3)39-15-12-27(4,5)38-14-9-18(37)40-24-22(32)20(30)19(29)21(31)23(24)33/h7-15H2,1-6H3,(H,35,36). The van der Waals surface area contributed by atoms with Crippen molar-refractivity contribution in [1.82, 2.24) is 5.32 Å². The van der Waals surface area contributed by atoms with Crippen molar-refractivity contribution in [2.75, 3.05) is 25.5 Å². The van der Waals surface area contributed by atoms with Gasteiger partial charge >= 0.3 is 5.97 Å². The topological polar surface area (TPSA) is 97.7 Å². The van der Waals surface area contributed by atoms with Crippen LogP contribution in [0.3, 0.4) is 0 Å². The summed E-state index contributed by atoms with van der Waals surface area (Å²) in [6.07, 6.45) is 0.918. The van der Waals surface area contributed by atoms with E-state index in [0.29, 0.717) is 29.3 Å². The molecule has 0 aliphatic carbocycles. The number of rotatable bonds is 17. The molecule has 0 aliphatic heterocycles. The SMILES string of the molecule is CCSC(=S)SC(C)(C#N)CCC(=O)NCCC(C)(C)OCCC(C)(C)OCCC(=O)Oc1c(F)c(F)c(F)c(F)c1F. The van der Waals surface area contributed by atoms with Crippen LogP contribution in [0.2, 0.25) is 0 Å². The maximum atomic E-state index is 13.7. The number of thiocarbonyl (C=S) groups is 1. The first kappa shape index (κ1) is 39.0. The highest BCUT2D eigenvalue weighted by Gasteiger charge is 2.30. The number of benzene rings is 1. The van der Waals surface area contributed by atoms with Gasteiger partial charge in [-0.3, -0.25) is 9.59 Å². The van der Waals surface area contributed by atoms with E-state index in [9.17, 15) is 36.8 Å². The van der Waals surface area contributed by atoms with Gasteiger partial charge in [0.25, 0.3) is 0 Å². The van der Waals surface area contributed by atoms with Crippen LogP contribution in [-0.2, 0) is 19.1 Å². The summed E-state index contributed by atoms with van der Waals surface area (Å²) in [5, 5.41) is 12.4. The number of nitrogens with zero attached hydrogens (tertiary/aromatic N) is 1. The molecule has 1 atom stereocenters. The Bertz CT molecular complexity index is 1170. The van der Waals surface area contributed by atoms with Gasteiger partial charge in [0.1, 0.15) is 8.28 Å². The Balaban J connectivity index is 2.40. The molecule has 1 rings (SSSR count). The minimum atomic E-state index is -2.35. The van der Waals surface area contributed by atoms with Crippen molar-refractivity contribution in [2.24, 2.45) is 0 Å². The lowest BCUT2D eigenvalue weighted by atomic mass is 10.0. The quantitative estimate of drug-likeness (QED) is 0.0469.